The topological polar surface area (TPSA) is 93.1 Å². The highest BCUT2D eigenvalue weighted by molar-refractivity contribution is 7.92. The van der Waals surface area contributed by atoms with Gasteiger partial charge in [0.15, 0.2) is 0 Å². The summed E-state index contributed by atoms with van der Waals surface area (Å²) in [4.78, 5) is 16.7. The average molecular weight is 418 g/mol. The summed E-state index contributed by atoms with van der Waals surface area (Å²) in [6.45, 7) is 5.16. The third-order valence-corrected chi connectivity index (χ3v) is 6.24. The van der Waals surface area contributed by atoms with E-state index in [4.69, 9.17) is 0 Å². The van der Waals surface area contributed by atoms with Crippen LogP contribution < -0.4 is 15.6 Å². The Bertz CT molecular complexity index is 1250. The molecule has 0 fully saturated rings. The van der Waals surface area contributed by atoms with Crippen molar-refractivity contribution in [3.63, 3.8) is 0 Å². The van der Waals surface area contributed by atoms with E-state index in [1.54, 1.807) is 40.0 Å². The summed E-state index contributed by atoms with van der Waals surface area (Å²) in [5.41, 5.74) is 2.39. The second-order valence-electron chi connectivity index (χ2n) is 6.93. The van der Waals surface area contributed by atoms with Crippen LogP contribution in [0.4, 0.5) is 21.5 Å². The van der Waals surface area contributed by atoms with Crippen LogP contribution in [-0.2, 0) is 17.1 Å². The molecule has 9 heteroatoms. The number of nitrogens with zero attached hydrogens (tertiary/aromatic N) is 2. The quantitative estimate of drug-likeness (QED) is 0.638. The summed E-state index contributed by atoms with van der Waals surface area (Å²) in [6, 6.07) is 6.01. The lowest BCUT2D eigenvalue weighted by molar-refractivity contribution is 0.599. The van der Waals surface area contributed by atoms with Crippen molar-refractivity contribution in [3.8, 4) is 0 Å². The highest BCUT2D eigenvalue weighted by Gasteiger charge is 2.17. The molecule has 2 aromatic carbocycles. The van der Waals surface area contributed by atoms with Crippen LogP contribution in [0.15, 0.2) is 35.4 Å². The van der Waals surface area contributed by atoms with Gasteiger partial charge >= 0.3 is 0 Å². The van der Waals surface area contributed by atoms with E-state index < -0.39 is 15.8 Å². The summed E-state index contributed by atoms with van der Waals surface area (Å²) in [7, 11) is -1.89. The molecule has 0 unspecified atom stereocenters. The Labute approximate surface area is 168 Å². The standard InChI is InChI=1S/C20H23FN4O3S/c1-5-10-29(27,28)24-16-7-6-14(21)19(13(16)3)23-15-8-9-17-18(12(15)2)20(26)25(4)11-22-17/h6-9,11,23-24H,5,10H2,1-4H3. The Balaban J connectivity index is 2.07. The molecule has 3 rings (SSSR count). The molecule has 0 aliphatic rings. The molecule has 0 atom stereocenters. The predicted octanol–water partition coefficient (Wildman–Crippen LogP) is 3.58. The van der Waals surface area contributed by atoms with Gasteiger partial charge in [-0.15, -0.1) is 0 Å². The Kier molecular flexibility index (Phi) is 5.61. The number of benzene rings is 2. The summed E-state index contributed by atoms with van der Waals surface area (Å²) < 4.78 is 42.7. The smallest absolute Gasteiger partial charge is 0.261 e. The van der Waals surface area contributed by atoms with Crippen LogP contribution in [0.1, 0.15) is 24.5 Å². The van der Waals surface area contributed by atoms with E-state index in [1.165, 1.54) is 23.0 Å². The fourth-order valence-electron chi connectivity index (χ4n) is 3.15. The zero-order chi connectivity index (χ0) is 21.3. The fourth-order valence-corrected chi connectivity index (χ4v) is 4.35. The van der Waals surface area contributed by atoms with Crippen molar-refractivity contribution in [2.75, 3.05) is 15.8 Å². The van der Waals surface area contributed by atoms with Gasteiger partial charge in [-0.05, 0) is 55.7 Å². The minimum Gasteiger partial charge on any atom is -0.353 e. The van der Waals surface area contributed by atoms with Crippen molar-refractivity contribution in [2.45, 2.75) is 27.2 Å². The van der Waals surface area contributed by atoms with Crippen LogP contribution in [0.2, 0.25) is 0 Å². The number of rotatable bonds is 6. The number of nitrogens with one attached hydrogen (secondary N) is 2. The van der Waals surface area contributed by atoms with Gasteiger partial charge in [0.2, 0.25) is 10.0 Å². The van der Waals surface area contributed by atoms with Gasteiger partial charge in [0.1, 0.15) is 5.82 Å². The van der Waals surface area contributed by atoms with Gasteiger partial charge in [-0.25, -0.2) is 17.8 Å². The summed E-state index contributed by atoms with van der Waals surface area (Å²) >= 11 is 0. The molecule has 0 aliphatic heterocycles. The highest BCUT2D eigenvalue weighted by Crippen LogP contribution is 2.32. The van der Waals surface area contributed by atoms with Crippen LogP contribution in [0.25, 0.3) is 10.9 Å². The first kappa shape index (κ1) is 20.8. The van der Waals surface area contributed by atoms with Crippen molar-refractivity contribution < 1.29 is 12.8 Å². The van der Waals surface area contributed by atoms with Crippen LogP contribution >= 0.6 is 0 Å². The summed E-state index contributed by atoms with van der Waals surface area (Å²) in [5, 5.41) is 3.46. The Morgan fingerprint density at radius 3 is 2.48 bits per heavy atom. The third-order valence-electron chi connectivity index (χ3n) is 4.76. The van der Waals surface area contributed by atoms with Gasteiger partial charge in [-0.3, -0.25) is 9.52 Å². The number of halogens is 1. The molecular weight excluding hydrogens is 395 g/mol. The Morgan fingerprint density at radius 2 is 1.79 bits per heavy atom. The molecule has 154 valence electrons. The minimum absolute atomic E-state index is 0.0212. The minimum atomic E-state index is -3.51. The number of hydrogen-bond acceptors (Lipinski definition) is 5. The monoisotopic (exact) mass is 418 g/mol. The maximum atomic E-state index is 14.6. The molecule has 1 heterocycles. The molecule has 3 aromatic rings. The number of sulfonamides is 1. The molecule has 7 nitrogen and oxygen atoms in total. The van der Waals surface area contributed by atoms with Crippen LogP contribution in [-0.4, -0.2) is 23.7 Å². The molecular formula is C20H23FN4O3S. The number of anilines is 3. The molecule has 1 aromatic heterocycles. The van der Waals surface area contributed by atoms with Gasteiger partial charge in [0.25, 0.3) is 5.56 Å². The SMILES string of the molecule is CCCS(=O)(=O)Nc1ccc(F)c(Nc2ccc3ncn(C)c(=O)c3c2C)c1C. The normalized spacial score (nSPS) is 11.6. The fraction of sp³-hybridized carbons (Fsp3) is 0.300. The van der Waals surface area contributed by atoms with E-state index >= 15 is 0 Å². The second-order valence-corrected chi connectivity index (χ2v) is 8.78. The molecule has 0 bridgehead atoms. The van der Waals surface area contributed by atoms with Crippen molar-refractivity contribution in [2.24, 2.45) is 7.05 Å². The summed E-state index contributed by atoms with van der Waals surface area (Å²) in [6.07, 6.45) is 1.92. The van der Waals surface area contributed by atoms with Crippen LogP contribution in [0.5, 0.6) is 0 Å². The maximum absolute atomic E-state index is 14.6. The van der Waals surface area contributed by atoms with E-state index in [2.05, 4.69) is 15.0 Å². The Hall–Kier alpha value is -2.94. The molecule has 0 aliphatic carbocycles. The zero-order valence-electron chi connectivity index (χ0n) is 16.7. The zero-order valence-corrected chi connectivity index (χ0v) is 17.5. The largest absolute Gasteiger partial charge is 0.353 e. The molecule has 2 N–H and O–H groups in total. The lowest BCUT2D eigenvalue weighted by atomic mass is 10.1. The maximum Gasteiger partial charge on any atom is 0.261 e. The second kappa shape index (κ2) is 7.82. The van der Waals surface area contributed by atoms with Crippen molar-refractivity contribution >= 4 is 38.0 Å². The van der Waals surface area contributed by atoms with E-state index in [0.717, 1.165) is 0 Å². The number of aryl methyl sites for hydroxylation is 2. The van der Waals surface area contributed by atoms with Crippen molar-refractivity contribution in [1.82, 2.24) is 9.55 Å². The first-order valence-corrected chi connectivity index (χ1v) is 10.8. The number of fused-ring (bicyclic) bond motifs is 1. The van der Waals surface area contributed by atoms with E-state index in [1.807, 2.05) is 0 Å². The average Bonchev–Trinajstić information content (AvgIpc) is 2.65. The molecule has 0 radical (unpaired) electrons. The molecule has 0 saturated heterocycles. The van der Waals surface area contributed by atoms with Crippen molar-refractivity contribution in [3.05, 3.63) is 57.9 Å². The summed E-state index contributed by atoms with van der Waals surface area (Å²) in [5.74, 6) is -0.549. The van der Waals surface area contributed by atoms with Crippen LogP contribution in [0.3, 0.4) is 0 Å². The Morgan fingerprint density at radius 1 is 1.10 bits per heavy atom. The molecule has 29 heavy (non-hydrogen) atoms. The number of hydrogen-bond donors (Lipinski definition) is 2. The highest BCUT2D eigenvalue weighted by atomic mass is 32.2. The van der Waals surface area contributed by atoms with Gasteiger partial charge in [0, 0.05) is 12.7 Å². The molecule has 0 saturated carbocycles. The molecule has 0 amide bonds. The van der Waals surface area contributed by atoms with E-state index in [9.17, 15) is 17.6 Å². The van der Waals surface area contributed by atoms with Gasteiger partial charge in [-0.1, -0.05) is 6.92 Å². The first-order valence-electron chi connectivity index (χ1n) is 9.16. The van der Waals surface area contributed by atoms with E-state index in [0.29, 0.717) is 39.8 Å². The third kappa shape index (κ3) is 4.09. The van der Waals surface area contributed by atoms with Gasteiger partial charge in [0.05, 0.1) is 34.4 Å². The van der Waals surface area contributed by atoms with Gasteiger partial charge in [-0.2, -0.15) is 0 Å². The van der Waals surface area contributed by atoms with Crippen LogP contribution in [0, 0.1) is 19.7 Å². The van der Waals surface area contributed by atoms with Gasteiger partial charge < -0.3 is 9.88 Å². The number of aromatic nitrogens is 2. The van der Waals surface area contributed by atoms with E-state index in [-0.39, 0.29) is 17.0 Å². The lowest BCUT2D eigenvalue weighted by Gasteiger charge is -2.17. The molecule has 0 spiro atoms. The predicted molar refractivity (Wildman–Crippen MR) is 114 cm³/mol. The van der Waals surface area contributed by atoms with Crippen molar-refractivity contribution in [1.29, 1.82) is 0 Å². The first-order chi connectivity index (χ1) is 13.6. The lowest BCUT2D eigenvalue weighted by Crippen LogP contribution is -2.18.